The molecule has 1 saturated heterocycles. The van der Waals surface area contributed by atoms with Crippen LogP contribution in [0, 0.1) is 0 Å². The number of carbonyl (C=O) groups is 2. The summed E-state index contributed by atoms with van der Waals surface area (Å²) in [6, 6.07) is 7.65. The van der Waals surface area contributed by atoms with Crippen LogP contribution in [0.15, 0.2) is 24.3 Å². The third-order valence-corrected chi connectivity index (χ3v) is 4.23. The molecule has 0 bridgehead atoms. The SMILES string of the molecule is CCCCOC(=O)N1CCC(Oc2ccc([C@H](C)NC(C)=O)cc2)C1. The van der Waals surface area contributed by atoms with Gasteiger partial charge in [0.05, 0.1) is 19.2 Å². The van der Waals surface area contributed by atoms with Crippen molar-refractivity contribution in [3.63, 3.8) is 0 Å². The molecule has 6 heteroatoms. The number of benzene rings is 1. The van der Waals surface area contributed by atoms with E-state index in [0.29, 0.717) is 19.7 Å². The van der Waals surface area contributed by atoms with Crippen LogP contribution < -0.4 is 10.1 Å². The van der Waals surface area contributed by atoms with Crippen molar-refractivity contribution in [2.24, 2.45) is 0 Å². The zero-order valence-corrected chi connectivity index (χ0v) is 15.3. The quantitative estimate of drug-likeness (QED) is 0.768. The molecule has 138 valence electrons. The van der Waals surface area contributed by atoms with Crippen LogP contribution in [0.4, 0.5) is 4.79 Å². The number of ether oxygens (including phenoxy) is 2. The molecular weight excluding hydrogens is 320 g/mol. The highest BCUT2D eigenvalue weighted by Gasteiger charge is 2.28. The maximum atomic E-state index is 11.9. The number of carbonyl (C=O) groups excluding carboxylic acids is 2. The lowest BCUT2D eigenvalue weighted by atomic mass is 10.1. The van der Waals surface area contributed by atoms with Gasteiger partial charge in [0.25, 0.3) is 0 Å². The maximum Gasteiger partial charge on any atom is 0.409 e. The molecule has 0 spiro atoms. The van der Waals surface area contributed by atoms with Gasteiger partial charge in [0.1, 0.15) is 11.9 Å². The smallest absolute Gasteiger partial charge is 0.409 e. The van der Waals surface area contributed by atoms with E-state index < -0.39 is 0 Å². The Hall–Kier alpha value is -2.24. The Bertz CT molecular complexity index is 573. The number of hydrogen-bond donors (Lipinski definition) is 1. The first-order valence-corrected chi connectivity index (χ1v) is 8.95. The molecule has 1 N–H and O–H groups in total. The van der Waals surface area contributed by atoms with Crippen LogP contribution in [0.2, 0.25) is 0 Å². The van der Waals surface area contributed by atoms with Gasteiger partial charge in [-0.3, -0.25) is 4.79 Å². The fourth-order valence-electron chi connectivity index (χ4n) is 2.80. The van der Waals surface area contributed by atoms with E-state index in [1.807, 2.05) is 31.2 Å². The van der Waals surface area contributed by atoms with Crippen LogP contribution in [0.3, 0.4) is 0 Å². The minimum Gasteiger partial charge on any atom is -0.489 e. The minimum absolute atomic E-state index is 0.0163. The van der Waals surface area contributed by atoms with Crippen LogP contribution in [0.25, 0.3) is 0 Å². The zero-order chi connectivity index (χ0) is 18.2. The van der Waals surface area contributed by atoms with Crippen LogP contribution in [0.5, 0.6) is 5.75 Å². The van der Waals surface area contributed by atoms with Crippen molar-refractivity contribution in [1.82, 2.24) is 10.2 Å². The summed E-state index contributed by atoms with van der Waals surface area (Å²) < 4.78 is 11.2. The zero-order valence-electron chi connectivity index (χ0n) is 15.3. The van der Waals surface area contributed by atoms with Crippen LogP contribution >= 0.6 is 0 Å². The third-order valence-electron chi connectivity index (χ3n) is 4.23. The summed E-state index contributed by atoms with van der Waals surface area (Å²) in [5, 5.41) is 2.85. The predicted octanol–water partition coefficient (Wildman–Crippen LogP) is 3.27. The van der Waals surface area contributed by atoms with Crippen molar-refractivity contribution in [2.45, 2.75) is 52.2 Å². The van der Waals surface area contributed by atoms with Gasteiger partial charge in [0, 0.05) is 19.9 Å². The average Bonchev–Trinajstić information content (AvgIpc) is 3.03. The van der Waals surface area contributed by atoms with E-state index in [1.165, 1.54) is 6.92 Å². The normalized spacial score (nSPS) is 17.9. The van der Waals surface area contributed by atoms with Gasteiger partial charge in [-0.05, 0) is 31.0 Å². The van der Waals surface area contributed by atoms with E-state index in [0.717, 1.165) is 30.6 Å². The molecule has 1 fully saturated rings. The number of hydrogen-bond acceptors (Lipinski definition) is 4. The second-order valence-corrected chi connectivity index (χ2v) is 6.43. The standard InChI is InChI=1S/C19H28N2O4/c1-4-5-12-24-19(23)21-11-10-18(13-21)25-17-8-6-16(7-9-17)14(2)20-15(3)22/h6-9,14,18H,4-5,10-13H2,1-3H3,(H,20,22)/t14-,18?/m0/s1. The molecule has 6 nitrogen and oxygen atoms in total. The molecule has 0 radical (unpaired) electrons. The molecule has 0 saturated carbocycles. The fourth-order valence-corrected chi connectivity index (χ4v) is 2.80. The van der Waals surface area contributed by atoms with Crippen molar-refractivity contribution in [3.05, 3.63) is 29.8 Å². The first-order chi connectivity index (χ1) is 12.0. The van der Waals surface area contributed by atoms with Gasteiger partial charge in [-0.25, -0.2) is 4.79 Å². The first kappa shape index (κ1) is 19.1. The molecule has 1 aliphatic rings. The molecule has 1 aliphatic heterocycles. The summed E-state index contributed by atoms with van der Waals surface area (Å²) in [5.74, 6) is 0.717. The lowest BCUT2D eigenvalue weighted by Gasteiger charge is -2.18. The Morgan fingerprint density at radius 2 is 2.04 bits per heavy atom. The van der Waals surface area contributed by atoms with Gasteiger partial charge in [-0.1, -0.05) is 25.5 Å². The predicted molar refractivity (Wildman–Crippen MR) is 95.5 cm³/mol. The van der Waals surface area contributed by atoms with Crippen LogP contribution in [-0.2, 0) is 9.53 Å². The molecule has 2 rings (SSSR count). The third kappa shape index (κ3) is 5.96. The molecule has 25 heavy (non-hydrogen) atoms. The van der Waals surface area contributed by atoms with Crippen LogP contribution in [-0.4, -0.2) is 42.7 Å². The van der Waals surface area contributed by atoms with E-state index in [9.17, 15) is 9.59 Å². The summed E-state index contributed by atoms with van der Waals surface area (Å²) in [6.45, 7) is 7.20. The monoisotopic (exact) mass is 348 g/mol. The highest BCUT2D eigenvalue weighted by atomic mass is 16.6. The highest BCUT2D eigenvalue weighted by Crippen LogP contribution is 2.21. The summed E-state index contributed by atoms with van der Waals surface area (Å²) in [7, 11) is 0. The number of nitrogens with one attached hydrogen (secondary N) is 1. The number of likely N-dealkylation sites (tertiary alicyclic amines) is 1. The van der Waals surface area contributed by atoms with E-state index >= 15 is 0 Å². The minimum atomic E-state index is -0.251. The molecule has 1 heterocycles. The van der Waals surface area contributed by atoms with E-state index in [-0.39, 0.29) is 24.1 Å². The second-order valence-electron chi connectivity index (χ2n) is 6.43. The second kappa shape index (κ2) is 9.30. The Morgan fingerprint density at radius 3 is 2.68 bits per heavy atom. The van der Waals surface area contributed by atoms with Gasteiger partial charge in [-0.2, -0.15) is 0 Å². The molecule has 1 aromatic rings. The summed E-state index contributed by atoms with van der Waals surface area (Å²) in [6.07, 6.45) is 2.43. The maximum absolute atomic E-state index is 11.9. The number of nitrogens with zero attached hydrogens (tertiary/aromatic N) is 1. The van der Waals surface area contributed by atoms with Crippen molar-refractivity contribution in [3.8, 4) is 5.75 Å². The van der Waals surface area contributed by atoms with Crippen molar-refractivity contribution in [2.75, 3.05) is 19.7 Å². The molecular formula is C19H28N2O4. The molecule has 1 unspecified atom stereocenters. The lowest BCUT2D eigenvalue weighted by Crippen LogP contribution is -2.31. The van der Waals surface area contributed by atoms with E-state index in [1.54, 1.807) is 4.90 Å². The highest BCUT2D eigenvalue weighted by molar-refractivity contribution is 5.73. The Balaban J connectivity index is 1.81. The summed E-state index contributed by atoms with van der Waals surface area (Å²) in [4.78, 5) is 24.8. The molecule has 2 atom stereocenters. The lowest BCUT2D eigenvalue weighted by molar-refractivity contribution is -0.119. The largest absolute Gasteiger partial charge is 0.489 e. The molecule has 0 aromatic heterocycles. The number of rotatable bonds is 7. The van der Waals surface area contributed by atoms with Gasteiger partial charge in [0.15, 0.2) is 0 Å². The van der Waals surface area contributed by atoms with E-state index in [2.05, 4.69) is 12.2 Å². The Morgan fingerprint density at radius 1 is 1.32 bits per heavy atom. The fraction of sp³-hybridized carbons (Fsp3) is 0.579. The average molecular weight is 348 g/mol. The molecule has 1 aromatic carbocycles. The van der Waals surface area contributed by atoms with Gasteiger partial charge in [0.2, 0.25) is 5.91 Å². The van der Waals surface area contributed by atoms with Gasteiger partial charge in [-0.15, -0.1) is 0 Å². The first-order valence-electron chi connectivity index (χ1n) is 8.95. The summed E-state index contributed by atoms with van der Waals surface area (Å²) in [5.41, 5.74) is 1.02. The molecule has 2 amide bonds. The molecule has 0 aliphatic carbocycles. The van der Waals surface area contributed by atoms with Crippen molar-refractivity contribution < 1.29 is 19.1 Å². The van der Waals surface area contributed by atoms with Crippen LogP contribution in [0.1, 0.15) is 51.6 Å². The Kier molecular flexibility index (Phi) is 7.10. The Labute approximate surface area is 149 Å². The van der Waals surface area contributed by atoms with Gasteiger partial charge >= 0.3 is 6.09 Å². The van der Waals surface area contributed by atoms with Gasteiger partial charge < -0.3 is 19.7 Å². The number of amides is 2. The topological polar surface area (TPSA) is 67.9 Å². The van der Waals surface area contributed by atoms with Crippen molar-refractivity contribution >= 4 is 12.0 Å². The summed E-state index contributed by atoms with van der Waals surface area (Å²) >= 11 is 0. The number of unbranched alkanes of at least 4 members (excludes halogenated alkanes) is 1. The van der Waals surface area contributed by atoms with E-state index in [4.69, 9.17) is 9.47 Å². The van der Waals surface area contributed by atoms with Crippen molar-refractivity contribution in [1.29, 1.82) is 0 Å².